The van der Waals surface area contributed by atoms with Gasteiger partial charge in [0.1, 0.15) is 17.9 Å². The number of hydrogen-bond acceptors (Lipinski definition) is 7. The van der Waals surface area contributed by atoms with E-state index in [0.717, 1.165) is 48.7 Å². The molecule has 9 nitrogen and oxygen atoms in total. The lowest BCUT2D eigenvalue weighted by atomic mass is 9.77. The van der Waals surface area contributed by atoms with Gasteiger partial charge < -0.3 is 19.3 Å². The Hall–Kier alpha value is -4.21. The Bertz CT molecular complexity index is 1610. The molecule has 212 valence electrons. The van der Waals surface area contributed by atoms with E-state index in [1.165, 1.54) is 29.1 Å². The molecule has 9 heteroatoms. The summed E-state index contributed by atoms with van der Waals surface area (Å²) in [6.07, 6.45) is 1.26. The van der Waals surface area contributed by atoms with Gasteiger partial charge in [0.2, 0.25) is 5.88 Å². The normalized spacial score (nSPS) is 16.6. The van der Waals surface area contributed by atoms with Gasteiger partial charge in [0.05, 0.1) is 38.3 Å². The molecule has 1 saturated heterocycles. The monoisotopic (exact) mass is 554 g/mol. The van der Waals surface area contributed by atoms with E-state index >= 15 is 0 Å². The molecule has 0 saturated carbocycles. The average molecular weight is 555 g/mol. The maximum absolute atomic E-state index is 11.6. The summed E-state index contributed by atoms with van der Waals surface area (Å²) < 4.78 is 18.7. The van der Waals surface area contributed by atoms with Crippen molar-refractivity contribution in [1.29, 1.82) is 0 Å². The Balaban J connectivity index is 1.27. The van der Waals surface area contributed by atoms with E-state index in [-0.39, 0.29) is 16.9 Å². The van der Waals surface area contributed by atoms with Crippen LogP contribution in [0.25, 0.3) is 17.1 Å². The number of aromatic carboxylic acids is 1. The molecule has 0 atom stereocenters. The molecule has 0 aliphatic carbocycles. The molecule has 1 fully saturated rings. The summed E-state index contributed by atoms with van der Waals surface area (Å²) in [5, 5.41) is 13.7. The highest BCUT2D eigenvalue weighted by molar-refractivity contribution is 5.90. The van der Waals surface area contributed by atoms with Crippen molar-refractivity contribution >= 4 is 5.97 Å². The topological polar surface area (TPSA) is 98.9 Å². The summed E-state index contributed by atoms with van der Waals surface area (Å²) in [6, 6.07) is 18.7. The number of pyridine rings is 1. The predicted molar refractivity (Wildman–Crippen MR) is 154 cm³/mol. The first-order valence-electron chi connectivity index (χ1n) is 13.7. The number of aromatic nitrogens is 3. The highest BCUT2D eigenvalue weighted by Gasteiger charge is 2.37. The summed E-state index contributed by atoms with van der Waals surface area (Å²) in [6.45, 7) is 10.7. The molecule has 0 unspecified atom stereocenters. The molecule has 4 aromatic rings. The van der Waals surface area contributed by atoms with Crippen LogP contribution in [0, 0.1) is 6.92 Å². The third-order valence-electron chi connectivity index (χ3n) is 7.98. The van der Waals surface area contributed by atoms with Crippen molar-refractivity contribution in [3.63, 3.8) is 0 Å². The number of aryl methyl sites for hydroxylation is 1. The molecule has 0 bridgehead atoms. The van der Waals surface area contributed by atoms with Crippen LogP contribution in [0.1, 0.15) is 46.5 Å². The third kappa shape index (κ3) is 5.07. The standard InChI is InChI=1S/C32H34N4O5/c1-20-7-5-8-24(27-9-6-10-28(34-27)36-30(39-4)25(14-33-36)31(37)38)29(20)41-16-21-11-12-22-15-35(23-17-40-18-23)19-32(2,3)26(22)13-21/h5-14,23H,15-19H2,1-4H3,(H,37,38). The first-order valence-corrected chi connectivity index (χ1v) is 13.7. The Morgan fingerprint density at radius 3 is 2.68 bits per heavy atom. The van der Waals surface area contributed by atoms with Crippen molar-refractivity contribution in [2.45, 2.75) is 45.4 Å². The smallest absolute Gasteiger partial charge is 0.342 e. The van der Waals surface area contributed by atoms with E-state index in [1.807, 2.05) is 37.3 Å². The lowest BCUT2D eigenvalue weighted by Crippen LogP contribution is -2.54. The molecule has 2 aliphatic rings. The fourth-order valence-corrected chi connectivity index (χ4v) is 5.78. The van der Waals surface area contributed by atoms with Gasteiger partial charge in [-0.2, -0.15) is 9.78 Å². The first kappa shape index (κ1) is 27.0. The van der Waals surface area contributed by atoms with Crippen LogP contribution in [0.3, 0.4) is 0 Å². The molecule has 0 spiro atoms. The number of methoxy groups -OCH3 is 1. The van der Waals surface area contributed by atoms with Crippen LogP contribution >= 0.6 is 0 Å². The van der Waals surface area contributed by atoms with Gasteiger partial charge in [-0.05, 0) is 47.4 Å². The Labute approximate surface area is 239 Å². The zero-order valence-corrected chi connectivity index (χ0v) is 23.8. The summed E-state index contributed by atoms with van der Waals surface area (Å²) in [7, 11) is 1.41. The minimum atomic E-state index is -1.12. The summed E-state index contributed by atoms with van der Waals surface area (Å²) >= 11 is 0. The van der Waals surface area contributed by atoms with Gasteiger partial charge in [0.25, 0.3) is 0 Å². The van der Waals surface area contributed by atoms with E-state index < -0.39 is 5.97 Å². The fraction of sp³-hybridized carbons (Fsp3) is 0.344. The molecule has 6 rings (SSSR count). The number of fused-ring (bicyclic) bond motifs is 1. The van der Waals surface area contributed by atoms with Crippen molar-refractivity contribution in [3.8, 4) is 28.7 Å². The number of benzene rings is 2. The SMILES string of the molecule is COc1c(C(=O)O)cnn1-c1cccc(-c2cccc(C)c2OCc2ccc3c(c2)C(C)(C)CN(C2COC2)C3)n1. The molecular formula is C32H34N4O5. The molecule has 0 radical (unpaired) electrons. The van der Waals surface area contributed by atoms with Gasteiger partial charge in [0.15, 0.2) is 5.82 Å². The van der Waals surface area contributed by atoms with Crippen LogP contribution < -0.4 is 9.47 Å². The number of carboxylic acid groups (broad SMARTS) is 1. The highest BCUT2D eigenvalue weighted by atomic mass is 16.5. The van der Waals surface area contributed by atoms with Gasteiger partial charge >= 0.3 is 5.97 Å². The number of para-hydroxylation sites is 1. The zero-order valence-electron chi connectivity index (χ0n) is 23.8. The lowest BCUT2D eigenvalue weighted by molar-refractivity contribution is -0.0761. The number of rotatable bonds is 8. The van der Waals surface area contributed by atoms with E-state index in [2.05, 4.69) is 42.0 Å². The van der Waals surface area contributed by atoms with Crippen LogP contribution in [0.2, 0.25) is 0 Å². The number of carbonyl (C=O) groups is 1. The minimum absolute atomic E-state index is 0.0303. The lowest BCUT2D eigenvalue weighted by Gasteiger charge is -2.46. The van der Waals surface area contributed by atoms with E-state index in [1.54, 1.807) is 6.07 Å². The number of hydrogen-bond donors (Lipinski definition) is 1. The summed E-state index contributed by atoms with van der Waals surface area (Å²) in [5.41, 5.74) is 6.39. The predicted octanol–water partition coefficient (Wildman–Crippen LogP) is 5.02. The van der Waals surface area contributed by atoms with Crippen molar-refractivity contribution in [1.82, 2.24) is 19.7 Å². The number of ether oxygens (including phenoxy) is 3. The van der Waals surface area contributed by atoms with Gasteiger partial charge in [0, 0.05) is 24.1 Å². The van der Waals surface area contributed by atoms with Crippen molar-refractivity contribution in [2.24, 2.45) is 0 Å². The fourth-order valence-electron chi connectivity index (χ4n) is 5.78. The van der Waals surface area contributed by atoms with Gasteiger partial charge in [-0.15, -0.1) is 0 Å². The summed E-state index contributed by atoms with van der Waals surface area (Å²) in [4.78, 5) is 18.9. The van der Waals surface area contributed by atoms with Crippen molar-refractivity contribution < 1.29 is 24.1 Å². The molecule has 1 N–H and O–H groups in total. The second-order valence-electron chi connectivity index (χ2n) is 11.4. The second kappa shape index (κ2) is 10.6. The largest absolute Gasteiger partial charge is 0.488 e. The van der Waals surface area contributed by atoms with Crippen LogP contribution in [0.5, 0.6) is 11.6 Å². The first-order chi connectivity index (χ1) is 19.7. The van der Waals surface area contributed by atoms with Crippen LogP contribution in [0.4, 0.5) is 0 Å². The molecule has 2 aromatic carbocycles. The summed E-state index contributed by atoms with van der Waals surface area (Å²) in [5.74, 6) is 0.194. The maximum atomic E-state index is 11.6. The van der Waals surface area contributed by atoms with E-state index in [4.69, 9.17) is 19.2 Å². The van der Waals surface area contributed by atoms with Crippen LogP contribution in [-0.4, -0.2) is 63.7 Å². The highest BCUT2D eigenvalue weighted by Crippen LogP contribution is 2.37. The zero-order chi connectivity index (χ0) is 28.7. The maximum Gasteiger partial charge on any atom is 0.342 e. The number of nitrogens with zero attached hydrogens (tertiary/aromatic N) is 4. The third-order valence-corrected chi connectivity index (χ3v) is 7.98. The van der Waals surface area contributed by atoms with Crippen LogP contribution in [0.15, 0.2) is 60.8 Å². The molecular weight excluding hydrogens is 520 g/mol. The van der Waals surface area contributed by atoms with E-state index in [0.29, 0.717) is 24.2 Å². The Morgan fingerprint density at radius 1 is 1.15 bits per heavy atom. The molecule has 0 amide bonds. The van der Waals surface area contributed by atoms with Crippen LogP contribution in [-0.2, 0) is 23.3 Å². The Kier molecular flexibility index (Phi) is 7.01. The average Bonchev–Trinajstić information content (AvgIpc) is 3.36. The Morgan fingerprint density at radius 2 is 1.95 bits per heavy atom. The van der Waals surface area contributed by atoms with E-state index in [9.17, 15) is 9.90 Å². The van der Waals surface area contributed by atoms with Gasteiger partial charge in [-0.1, -0.05) is 50.2 Å². The second-order valence-corrected chi connectivity index (χ2v) is 11.4. The van der Waals surface area contributed by atoms with Crippen molar-refractivity contribution in [3.05, 3.63) is 88.6 Å². The van der Waals surface area contributed by atoms with Crippen molar-refractivity contribution in [2.75, 3.05) is 26.9 Å². The van der Waals surface area contributed by atoms with Gasteiger partial charge in [-0.25, -0.2) is 9.78 Å². The van der Waals surface area contributed by atoms with Gasteiger partial charge in [-0.3, -0.25) is 4.90 Å². The minimum Gasteiger partial charge on any atom is -0.488 e. The molecule has 41 heavy (non-hydrogen) atoms. The quantitative estimate of drug-likeness (QED) is 0.324. The number of carboxylic acids is 1. The molecule has 2 aromatic heterocycles. The molecule has 4 heterocycles. The molecule has 2 aliphatic heterocycles.